The molecule has 43 heavy (non-hydrogen) atoms. The first kappa shape index (κ1) is 30.5. The number of dihydropyridines is 1. The maximum absolute atomic E-state index is 16.0. The lowest BCUT2D eigenvalue weighted by Crippen LogP contribution is -2.57. The van der Waals surface area contributed by atoms with Gasteiger partial charge in [-0.25, -0.2) is 18.6 Å². The van der Waals surface area contributed by atoms with Crippen LogP contribution in [0.4, 0.5) is 20.3 Å². The number of benzene rings is 1. The second-order valence-electron chi connectivity index (χ2n) is 11.8. The van der Waals surface area contributed by atoms with Crippen LogP contribution in [0.15, 0.2) is 58.4 Å². The molecular formula is C32H39F2N7O2. The molecule has 2 aromatic heterocycles. The summed E-state index contributed by atoms with van der Waals surface area (Å²) in [6.07, 6.45) is 5.30. The summed E-state index contributed by atoms with van der Waals surface area (Å²) in [5.41, 5.74) is 6.30. The lowest BCUT2D eigenvalue weighted by molar-refractivity contribution is 0.00905. The number of hydrogen-bond donors (Lipinski definition) is 1. The zero-order valence-electron chi connectivity index (χ0n) is 25.3. The predicted octanol–water partition coefficient (Wildman–Crippen LogP) is 4.97. The van der Waals surface area contributed by atoms with E-state index in [9.17, 15) is 4.79 Å². The van der Waals surface area contributed by atoms with Crippen molar-refractivity contribution in [3.8, 4) is 11.3 Å². The Morgan fingerprint density at radius 3 is 2.63 bits per heavy atom. The molecule has 1 saturated heterocycles. The van der Waals surface area contributed by atoms with Gasteiger partial charge in [0.25, 0.3) is 0 Å². The Morgan fingerprint density at radius 1 is 1.16 bits per heavy atom. The van der Waals surface area contributed by atoms with E-state index >= 15 is 8.78 Å². The highest BCUT2D eigenvalue weighted by Crippen LogP contribution is 2.37. The minimum Gasteiger partial charge on any atom is -0.398 e. The molecule has 5 rings (SSSR count). The number of nitrogen functional groups attached to an aromatic ring is 1. The molecule has 1 aromatic carbocycles. The lowest BCUT2D eigenvalue weighted by atomic mass is 9.90. The molecule has 2 unspecified atom stereocenters. The van der Waals surface area contributed by atoms with Gasteiger partial charge in [-0.15, -0.1) is 6.58 Å². The van der Waals surface area contributed by atoms with Gasteiger partial charge in [0.2, 0.25) is 0 Å². The number of nitrogens with two attached hydrogens (primary N) is 1. The van der Waals surface area contributed by atoms with Crippen molar-refractivity contribution in [2.24, 2.45) is 10.9 Å². The number of allylic oxidation sites excluding steroid dienone is 1. The third-order valence-corrected chi connectivity index (χ3v) is 8.34. The van der Waals surface area contributed by atoms with Crippen LogP contribution in [0.25, 0.3) is 22.3 Å². The fourth-order valence-corrected chi connectivity index (χ4v) is 6.09. The molecule has 4 atom stereocenters. The molecule has 4 heterocycles. The summed E-state index contributed by atoms with van der Waals surface area (Å²) in [6.45, 7) is 15.8. The van der Waals surface area contributed by atoms with E-state index in [1.54, 1.807) is 12.3 Å². The molecule has 228 valence electrons. The highest BCUT2D eigenvalue weighted by molar-refractivity contribution is 5.90. The predicted molar refractivity (Wildman–Crippen MR) is 167 cm³/mol. The van der Waals surface area contributed by atoms with Crippen molar-refractivity contribution >= 4 is 28.8 Å². The maximum Gasteiger partial charge on any atom is 0.351 e. The van der Waals surface area contributed by atoms with Gasteiger partial charge in [-0.2, -0.15) is 4.98 Å². The summed E-state index contributed by atoms with van der Waals surface area (Å²) < 4.78 is 38.2. The number of pyridine rings is 1. The van der Waals surface area contributed by atoms with Crippen LogP contribution in [-0.4, -0.2) is 70.2 Å². The van der Waals surface area contributed by atoms with E-state index in [0.717, 1.165) is 5.57 Å². The summed E-state index contributed by atoms with van der Waals surface area (Å²) in [4.78, 5) is 32.2. The minimum atomic E-state index is -0.760. The molecular weight excluding hydrogens is 552 g/mol. The van der Waals surface area contributed by atoms with Crippen molar-refractivity contribution in [3.63, 3.8) is 0 Å². The number of ether oxygens (including phenoxy) is 1. The van der Waals surface area contributed by atoms with Crippen LogP contribution in [0.5, 0.6) is 0 Å². The van der Waals surface area contributed by atoms with Crippen molar-refractivity contribution < 1.29 is 13.5 Å². The SMILES string of the molecule is C=CCOCN1C[C@H](C)N(c2nc(=O)n(C3C(C)=CC=NC3C(C)C)c3nc(-c4c(N)cccc4F)c(F)cc23)C[C@H]1C. The third-order valence-electron chi connectivity index (χ3n) is 8.34. The second kappa shape index (κ2) is 12.3. The van der Waals surface area contributed by atoms with Crippen molar-refractivity contribution in [2.45, 2.75) is 58.8 Å². The summed E-state index contributed by atoms with van der Waals surface area (Å²) in [5, 5.41) is 0.357. The highest BCUT2D eigenvalue weighted by Gasteiger charge is 2.35. The summed E-state index contributed by atoms with van der Waals surface area (Å²) in [6, 6.07) is 4.63. The average Bonchev–Trinajstić information content (AvgIpc) is 2.95. The van der Waals surface area contributed by atoms with Gasteiger partial charge < -0.3 is 15.4 Å². The van der Waals surface area contributed by atoms with Crippen LogP contribution in [0, 0.1) is 17.6 Å². The molecule has 11 heteroatoms. The minimum absolute atomic E-state index is 0.0459. The highest BCUT2D eigenvalue weighted by atomic mass is 19.1. The van der Waals surface area contributed by atoms with Gasteiger partial charge in [0.1, 0.15) is 23.0 Å². The van der Waals surface area contributed by atoms with Crippen LogP contribution in [0.1, 0.15) is 40.7 Å². The van der Waals surface area contributed by atoms with Crippen molar-refractivity contribution in [3.05, 3.63) is 70.7 Å². The topological polar surface area (TPSA) is 102 Å². The first-order valence-electron chi connectivity index (χ1n) is 14.6. The van der Waals surface area contributed by atoms with Gasteiger partial charge >= 0.3 is 5.69 Å². The van der Waals surface area contributed by atoms with E-state index in [0.29, 0.717) is 37.6 Å². The number of aliphatic imine (C=N–C) groups is 1. The van der Waals surface area contributed by atoms with Gasteiger partial charge in [0.15, 0.2) is 5.82 Å². The number of fused-ring (bicyclic) bond motifs is 1. The molecule has 9 nitrogen and oxygen atoms in total. The van der Waals surface area contributed by atoms with E-state index < -0.39 is 23.4 Å². The van der Waals surface area contributed by atoms with Gasteiger partial charge in [-0.1, -0.05) is 26.0 Å². The Balaban J connectivity index is 1.73. The maximum atomic E-state index is 16.0. The van der Waals surface area contributed by atoms with Gasteiger partial charge in [0.05, 0.1) is 36.4 Å². The van der Waals surface area contributed by atoms with Crippen LogP contribution >= 0.6 is 0 Å². The van der Waals surface area contributed by atoms with E-state index in [-0.39, 0.29) is 46.6 Å². The smallest absolute Gasteiger partial charge is 0.351 e. The van der Waals surface area contributed by atoms with E-state index in [2.05, 4.69) is 33.4 Å². The molecule has 0 aliphatic carbocycles. The molecule has 0 bridgehead atoms. The summed E-state index contributed by atoms with van der Waals surface area (Å²) >= 11 is 0. The zero-order valence-corrected chi connectivity index (χ0v) is 25.3. The van der Waals surface area contributed by atoms with Gasteiger partial charge in [0, 0.05) is 37.1 Å². The molecule has 0 amide bonds. The molecule has 0 saturated carbocycles. The molecule has 2 aliphatic heterocycles. The molecule has 1 fully saturated rings. The zero-order chi connectivity index (χ0) is 31.0. The van der Waals surface area contributed by atoms with Crippen LogP contribution < -0.4 is 16.3 Å². The Morgan fingerprint density at radius 2 is 1.93 bits per heavy atom. The lowest BCUT2D eigenvalue weighted by Gasteiger charge is -2.44. The monoisotopic (exact) mass is 591 g/mol. The number of nitrogens with zero attached hydrogens (tertiary/aromatic N) is 6. The van der Waals surface area contributed by atoms with Crippen molar-refractivity contribution in [1.82, 2.24) is 19.4 Å². The molecule has 2 N–H and O–H groups in total. The summed E-state index contributed by atoms with van der Waals surface area (Å²) in [7, 11) is 0. The van der Waals surface area contributed by atoms with E-state index in [1.165, 1.54) is 28.8 Å². The first-order chi connectivity index (χ1) is 20.5. The Bertz CT molecular complexity index is 1630. The number of aromatic nitrogens is 3. The van der Waals surface area contributed by atoms with E-state index in [4.69, 9.17) is 10.5 Å². The molecule has 2 aliphatic rings. The molecule has 0 spiro atoms. The molecule has 3 aromatic rings. The Labute approximate surface area is 250 Å². The fourth-order valence-electron chi connectivity index (χ4n) is 6.09. The van der Waals surface area contributed by atoms with Gasteiger partial charge in [-0.05, 0) is 56.5 Å². The normalized spacial score (nSPS) is 22.8. The quantitative estimate of drug-likeness (QED) is 0.224. The standard InChI is InChI=1S/C32H39F2N7O2/c1-7-13-43-17-39-15-21(6)40(16-20(39)5)30-22-14-24(34)28(26-23(33)9-8-10-25(26)35)37-31(22)41(32(42)38-30)29-19(4)11-12-36-27(29)18(2)3/h7-12,14,18,20-21,27,29H,1,13,15-17,35H2,2-6H3/t20-,21+,27?,29?/m1/s1. The largest absolute Gasteiger partial charge is 0.398 e. The number of rotatable bonds is 8. The van der Waals surface area contributed by atoms with E-state index in [1.807, 2.05) is 38.7 Å². The first-order valence-corrected chi connectivity index (χ1v) is 14.6. The Kier molecular flexibility index (Phi) is 8.75. The average molecular weight is 592 g/mol. The second-order valence-corrected chi connectivity index (χ2v) is 11.8. The van der Waals surface area contributed by atoms with Crippen LogP contribution in [-0.2, 0) is 4.74 Å². The summed E-state index contributed by atoms with van der Waals surface area (Å²) in [5.74, 6) is -1.05. The third kappa shape index (κ3) is 5.71. The number of halogens is 2. The van der Waals surface area contributed by atoms with Crippen LogP contribution in [0.3, 0.4) is 0 Å². The van der Waals surface area contributed by atoms with Gasteiger partial charge in [-0.3, -0.25) is 14.5 Å². The number of piperazine rings is 1. The molecule has 0 radical (unpaired) electrons. The Hall–Kier alpha value is -3.96. The van der Waals surface area contributed by atoms with Crippen molar-refractivity contribution in [2.75, 3.05) is 37.1 Å². The van der Waals surface area contributed by atoms with Crippen molar-refractivity contribution in [1.29, 1.82) is 0 Å². The number of hydrogen-bond acceptors (Lipinski definition) is 8. The fraction of sp³-hybridized carbons (Fsp3) is 0.438. The number of anilines is 2. The van der Waals surface area contributed by atoms with Crippen LogP contribution in [0.2, 0.25) is 0 Å².